The number of nitrogens with zero attached hydrogens (tertiary/aromatic N) is 5. The van der Waals surface area contributed by atoms with Gasteiger partial charge in [0.05, 0.1) is 0 Å². The molecule has 152 valence electrons. The number of rotatable bonds is 6. The van der Waals surface area contributed by atoms with Crippen molar-refractivity contribution in [3.63, 3.8) is 0 Å². The van der Waals surface area contributed by atoms with Gasteiger partial charge in [-0.2, -0.15) is 0 Å². The Kier molecular flexibility index (Phi) is 9.62. The van der Waals surface area contributed by atoms with Crippen LogP contribution in [0.15, 0.2) is 53.8 Å². The maximum Gasteiger partial charge on any atom is 0.225 e. The molecular formula is C19H27IN6OS. The zero-order chi connectivity index (χ0) is 18.9. The molecule has 2 heterocycles. The van der Waals surface area contributed by atoms with E-state index in [0.717, 1.165) is 43.7 Å². The van der Waals surface area contributed by atoms with Crippen LogP contribution in [0.2, 0.25) is 0 Å². The van der Waals surface area contributed by atoms with E-state index in [-0.39, 0.29) is 24.0 Å². The molecule has 3 rings (SSSR count). The van der Waals surface area contributed by atoms with Crippen molar-refractivity contribution < 1.29 is 4.21 Å². The summed E-state index contributed by atoms with van der Waals surface area (Å²) in [6.45, 7) is 4.06. The molecule has 7 nitrogen and oxygen atoms in total. The Labute approximate surface area is 186 Å². The number of aliphatic imine (C=N–C) groups is 1. The molecule has 0 amide bonds. The molecule has 1 aliphatic rings. The minimum Gasteiger partial charge on any atom is -0.355 e. The first-order valence-corrected chi connectivity index (χ1v) is 10.6. The molecule has 1 aliphatic heterocycles. The van der Waals surface area contributed by atoms with E-state index >= 15 is 0 Å². The Morgan fingerprint density at radius 3 is 2.43 bits per heavy atom. The average Bonchev–Trinajstić information content (AvgIpc) is 2.73. The van der Waals surface area contributed by atoms with Gasteiger partial charge in [-0.15, -0.1) is 24.0 Å². The van der Waals surface area contributed by atoms with Crippen molar-refractivity contribution in [3.8, 4) is 0 Å². The molecule has 9 heteroatoms. The van der Waals surface area contributed by atoms with Crippen LogP contribution in [0.4, 0.5) is 5.95 Å². The molecule has 1 aromatic carbocycles. The Morgan fingerprint density at radius 2 is 1.79 bits per heavy atom. The second-order valence-corrected chi connectivity index (χ2v) is 7.85. The van der Waals surface area contributed by atoms with Crippen molar-refractivity contribution in [2.75, 3.05) is 50.4 Å². The summed E-state index contributed by atoms with van der Waals surface area (Å²) in [5, 5.41) is 3.34. The van der Waals surface area contributed by atoms with Crippen LogP contribution < -0.4 is 10.2 Å². The van der Waals surface area contributed by atoms with Crippen LogP contribution in [-0.2, 0) is 16.6 Å². The van der Waals surface area contributed by atoms with E-state index < -0.39 is 10.8 Å². The third-order valence-electron chi connectivity index (χ3n) is 4.41. The van der Waals surface area contributed by atoms with Gasteiger partial charge in [0, 0.05) is 74.5 Å². The van der Waals surface area contributed by atoms with Crippen LogP contribution in [0.5, 0.6) is 0 Å². The van der Waals surface area contributed by atoms with Crippen LogP contribution >= 0.6 is 24.0 Å². The highest BCUT2D eigenvalue weighted by molar-refractivity contribution is 14.0. The minimum absolute atomic E-state index is 0. The van der Waals surface area contributed by atoms with Gasteiger partial charge in [0.2, 0.25) is 5.95 Å². The Balaban J connectivity index is 0.00000280. The van der Waals surface area contributed by atoms with Crippen molar-refractivity contribution in [2.45, 2.75) is 5.75 Å². The van der Waals surface area contributed by atoms with Crippen molar-refractivity contribution in [2.24, 2.45) is 4.99 Å². The maximum absolute atomic E-state index is 12.3. The summed E-state index contributed by atoms with van der Waals surface area (Å²) in [7, 11) is 0.902. The van der Waals surface area contributed by atoms with Gasteiger partial charge in [-0.1, -0.05) is 30.3 Å². The first kappa shape index (κ1) is 22.5. The fraction of sp³-hybridized carbons (Fsp3) is 0.421. The van der Waals surface area contributed by atoms with Gasteiger partial charge < -0.3 is 15.1 Å². The highest BCUT2D eigenvalue weighted by Gasteiger charge is 2.20. The third-order valence-corrected chi connectivity index (χ3v) is 5.72. The maximum atomic E-state index is 12.3. The largest absolute Gasteiger partial charge is 0.355 e. The molecule has 1 unspecified atom stereocenters. The third kappa shape index (κ3) is 6.69. The predicted octanol–water partition coefficient (Wildman–Crippen LogP) is 1.74. The number of hydrogen-bond donors (Lipinski definition) is 1. The van der Waals surface area contributed by atoms with Gasteiger partial charge >= 0.3 is 0 Å². The van der Waals surface area contributed by atoms with E-state index in [1.807, 2.05) is 36.4 Å². The van der Waals surface area contributed by atoms with Crippen molar-refractivity contribution in [3.05, 3.63) is 54.4 Å². The zero-order valence-electron chi connectivity index (χ0n) is 16.0. The quantitative estimate of drug-likeness (QED) is 0.360. The summed E-state index contributed by atoms with van der Waals surface area (Å²) >= 11 is 0. The summed E-state index contributed by atoms with van der Waals surface area (Å²) in [6, 6.07) is 11.8. The van der Waals surface area contributed by atoms with Crippen LogP contribution in [0.1, 0.15) is 5.56 Å². The fourth-order valence-electron chi connectivity index (χ4n) is 3.01. The minimum atomic E-state index is -0.886. The van der Waals surface area contributed by atoms with Crippen molar-refractivity contribution >= 4 is 46.7 Å². The monoisotopic (exact) mass is 514 g/mol. The number of piperazine rings is 1. The molecule has 1 fully saturated rings. The summed E-state index contributed by atoms with van der Waals surface area (Å²) in [5.74, 6) is 2.83. The van der Waals surface area contributed by atoms with Crippen LogP contribution in [-0.4, -0.2) is 70.6 Å². The first-order chi connectivity index (χ1) is 13.3. The van der Waals surface area contributed by atoms with Crippen molar-refractivity contribution in [1.82, 2.24) is 20.2 Å². The van der Waals surface area contributed by atoms with Gasteiger partial charge in [-0.3, -0.25) is 9.20 Å². The highest BCUT2D eigenvalue weighted by Crippen LogP contribution is 2.09. The summed E-state index contributed by atoms with van der Waals surface area (Å²) in [5.41, 5.74) is 1.11. The van der Waals surface area contributed by atoms with Crippen molar-refractivity contribution in [1.29, 1.82) is 0 Å². The summed E-state index contributed by atoms with van der Waals surface area (Å²) < 4.78 is 12.3. The van der Waals surface area contributed by atoms with Gasteiger partial charge in [0.15, 0.2) is 5.96 Å². The number of benzene rings is 1. The Hall–Kier alpha value is -1.75. The van der Waals surface area contributed by atoms with Gasteiger partial charge in [-0.05, 0) is 11.6 Å². The summed E-state index contributed by atoms with van der Waals surface area (Å²) in [6.07, 6.45) is 3.54. The molecule has 0 aliphatic carbocycles. The molecule has 0 radical (unpaired) electrons. The van der Waals surface area contributed by atoms with E-state index in [4.69, 9.17) is 0 Å². The normalized spacial score (nSPS) is 15.7. The first-order valence-electron chi connectivity index (χ1n) is 9.13. The van der Waals surface area contributed by atoms with E-state index in [9.17, 15) is 4.21 Å². The van der Waals surface area contributed by atoms with Gasteiger partial charge in [0.1, 0.15) is 0 Å². The molecule has 1 N–H and O–H groups in total. The number of nitrogens with one attached hydrogen (secondary N) is 1. The van der Waals surface area contributed by atoms with Gasteiger partial charge in [0.25, 0.3) is 0 Å². The zero-order valence-corrected chi connectivity index (χ0v) is 19.2. The lowest BCUT2D eigenvalue weighted by molar-refractivity contribution is 0.371. The fourth-order valence-corrected chi connectivity index (χ4v) is 4.05. The predicted molar refractivity (Wildman–Crippen MR) is 126 cm³/mol. The van der Waals surface area contributed by atoms with Gasteiger partial charge in [-0.25, -0.2) is 9.97 Å². The van der Waals surface area contributed by atoms with E-state index in [2.05, 4.69) is 30.1 Å². The second-order valence-electron chi connectivity index (χ2n) is 6.27. The van der Waals surface area contributed by atoms with Crippen LogP contribution in [0.3, 0.4) is 0 Å². The molecule has 1 aromatic heterocycles. The number of anilines is 1. The number of aromatic nitrogens is 2. The lowest BCUT2D eigenvalue weighted by Crippen LogP contribution is -2.53. The SMILES string of the molecule is CN=C(NCCS(=O)Cc1ccccc1)N1CCN(c2ncccn2)CC1.I. The number of hydrogen-bond acceptors (Lipinski definition) is 5. The Bertz CT molecular complexity index is 754. The van der Waals surface area contributed by atoms with E-state index in [0.29, 0.717) is 18.1 Å². The van der Waals surface area contributed by atoms with Crippen LogP contribution in [0.25, 0.3) is 0 Å². The van der Waals surface area contributed by atoms with E-state index in [1.54, 1.807) is 19.4 Å². The molecule has 0 saturated carbocycles. The lowest BCUT2D eigenvalue weighted by atomic mass is 10.2. The van der Waals surface area contributed by atoms with Crippen LogP contribution in [0, 0.1) is 0 Å². The lowest BCUT2D eigenvalue weighted by Gasteiger charge is -2.36. The molecule has 1 atom stereocenters. The Morgan fingerprint density at radius 1 is 1.11 bits per heavy atom. The molecule has 0 spiro atoms. The topological polar surface area (TPSA) is 73.7 Å². The number of guanidine groups is 1. The summed E-state index contributed by atoms with van der Waals surface area (Å²) in [4.78, 5) is 17.4. The standard InChI is InChI=1S/C19H26N6OS.HI/c1-20-18(23-10-15-27(26)16-17-6-3-2-4-7-17)24-11-13-25(14-12-24)19-21-8-5-9-22-19;/h2-9H,10-16H2,1H3,(H,20,23);1H. The number of halogens is 1. The van der Waals surface area contributed by atoms with E-state index in [1.165, 1.54) is 0 Å². The molecule has 28 heavy (non-hydrogen) atoms. The molecule has 2 aromatic rings. The average molecular weight is 514 g/mol. The molecular weight excluding hydrogens is 487 g/mol. The smallest absolute Gasteiger partial charge is 0.225 e. The second kappa shape index (κ2) is 11.9. The molecule has 0 bridgehead atoms. The highest BCUT2D eigenvalue weighted by atomic mass is 127. The molecule has 1 saturated heterocycles.